The van der Waals surface area contributed by atoms with E-state index >= 15 is 0 Å². The summed E-state index contributed by atoms with van der Waals surface area (Å²) in [7, 11) is 0. The molecule has 0 spiro atoms. The number of hydrogen-bond acceptors (Lipinski definition) is 2. The number of aldehydes is 1. The average molecular weight is 284 g/mol. The summed E-state index contributed by atoms with van der Waals surface area (Å²) in [5.74, 6) is -0.657. The van der Waals surface area contributed by atoms with Crippen molar-refractivity contribution in [2.75, 3.05) is 0 Å². The highest BCUT2D eigenvalue weighted by molar-refractivity contribution is 5.73. The van der Waals surface area contributed by atoms with Crippen molar-refractivity contribution in [2.45, 2.75) is 90.9 Å². The summed E-state index contributed by atoms with van der Waals surface area (Å²) in [5.41, 5.74) is -0.529. The third-order valence-electron chi connectivity index (χ3n) is 4.35. The predicted molar refractivity (Wildman–Crippen MR) is 82.9 cm³/mol. The van der Waals surface area contributed by atoms with Gasteiger partial charge in [-0.15, -0.1) is 0 Å². The highest BCUT2D eigenvalue weighted by Gasteiger charge is 2.29. The Bertz CT molecular complexity index is 263. The zero-order valence-electron chi connectivity index (χ0n) is 13.3. The number of unbranched alkanes of at least 4 members (excludes halogenated alkanes) is 9. The quantitative estimate of drug-likeness (QED) is 0.361. The van der Waals surface area contributed by atoms with Gasteiger partial charge in [0.05, 0.1) is 5.41 Å². The lowest BCUT2D eigenvalue weighted by molar-refractivity contribution is -0.148. The minimum absolute atomic E-state index is 0.529. The van der Waals surface area contributed by atoms with Gasteiger partial charge < -0.3 is 9.90 Å². The molecule has 0 fully saturated rings. The molecule has 20 heavy (non-hydrogen) atoms. The maximum Gasteiger partial charge on any atom is 0.309 e. The first-order valence-corrected chi connectivity index (χ1v) is 8.24. The van der Waals surface area contributed by atoms with E-state index in [1.807, 2.05) is 13.8 Å². The van der Waals surface area contributed by atoms with Gasteiger partial charge in [-0.1, -0.05) is 58.3 Å². The number of carbonyl (C=O) groups is 2. The lowest BCUT2D eigenvalue weighted by Gasteiger charge is -2.22. The monoisotopic (exact) mass is 284 g/mol. The van der Waals surface area contributed by atoms with E-state index in [1.165, 1.54) is 38.5 Å². The Morgan fingerprint density at radius 1 is 0.950 bits per heavy atom. The Kier molecular flexibility index (Phi) is 11.4. The summed E-state index contributed by atoms with van der Waals surface area (Å²) in [4.78, 5) is 21.3. The van der Waals surface area contributed by atoms with E-state index < -0.39 is 11.4 Å². The van der Waals surface area contributed by atoms with Gasteiger partial charge in [0.15, 0.2) is 0 Å². The van der Waals surface area contributed by atoms with Gasteiger partial charge >= 0.3 is 5.97 Å². The van der Waals surface area contributed by atoms with Crippen LogP contribution in [0, 0.1) is 5.41 Å². The summed E-state index contributed by atoms with van der Waals surface area (Å²) in [5, 5.41) is 9.17. The lowest BCUT2D eigenvalue weighted by atomic mass is 9.82. The number of hydrogen-bond donors (Lipinski definition) is 1. The molecule has 0 saturated carbocycles. The molecule has 0 aliphatic carbocycles. The molecule has 0 aliphatic rings. The Balaban J connectivity index is 3.36. The zero-order chi connectivity index (χ0) is 15.3. The number of rotatable bonds is 14. The van der Waals surface area contributed by atoms with Crippen LogP contribution in [0.2, 0.25) is 0 Å². The Labute approximate surface area is 124 Å². The van der Waals surface area contributed by atoms with Crippen LogP contribution in [0.3, 0.4) is 0 Å². The number of aliphatic carboxylic acids is 1. The van der Waals surface area contributed by atoms with Crippen LogP contribution >= 0.6 is 0 Å². The van der Waals surface area contributed by atoms with E-state index in [0.29, 0.717) is 12.8 Å². The van der Waals surface area contributed by atoms with Gasteiger partial charge in [0, 0.05) is 6.42 Å². The Hall–Kier alpha value is -0.860. The molecule has 0 bridgehead atoms. The maximum absolute atomic E-state index is 11.1. The molecule has 0 aromatic carbocycles. The second-order valence-electron chi connectivity index (χ2n) is 6.11. The van der Waals surface area contributed by atoms with Crippen molar-refractivity contribution < 1.29 is 14.7 Å². The predicted octanol–water partition coefficient (Wildman–Crippen LogP) is 4.98. The van der Waals surface area contributed by atoms with Gasteiger partial charge in [-0.2, -0.15) is 0 Å². The van der Waals surface area contributed by atoms with Gasteiger partial charge in [0.2, 0.25) is 0 Å². The smallest absolute Gasteiger partial charge is 0.309 e. The van der Waals surface area contributed by atoms with Crippen molar-refractivity contribution in [3.8, 4) is 0 Å². The van der Waals surface area contributed by atoms with Gasteiger partial charge in [0.1, 0.15) is 6.29 Å². The first-order valence-electron chi connectivity index (χ1n) is 8.24. The molecule has 3 heteroatoms. The molecule has 0 aromatic rings. The van der Waals surface area contributed by atoms with Crippen LogP contribution in [0.1, 0.15) is 90.9 Å². The van der Waals surface area contributed by atoms with Crippen LogP contribution in [0.5, 0.6) is 0 Å². The fourth-order valence-corrected chi connectivity index (χ4v) is 2.42. The third-order valence-corrected chi connectivity index (χ3v) is 4.35. The molecule has 0 rings (SSSR count). The molecule has 0 amide bonds. The lowest BCUT2D eigenvalue weighted by Crippen LogP contribution is -2.26. The van der Waals surface area contributed by atoms with Crippen LogP contribution in [0.4, 0.5) is 0 Å². The van der Waals surface area contributed by atoms with Crippen LogP contribution in [0.15, 0.2) is 0 Å². The first kappa shape index (κ1) is 19.1. The molecule has 118 valence electrons. The van der Waals surface area contributed by atoms with Crippen molar-refractivity contribution >= 4 is 12.3 Å². The summed E-state index contributed by atoms with van der Waals surface area (Å²) < 4.78 is 0. The number of carbonyl (C=O) groups excluding carboxylic acids is 1. The standard InChI is InChI=1S/C17H32O3/c1-3-17(2,16(19)20)14-12-10-8-6-4-5-7-9-11-13-15-18/h15H,3-14H2,1-2H3,(H,19,20). The summed E-state index contributed by atoms with van der Waals surface area (Å²) >= 11 is 0. The fourth-order valence-electron chi connectivity index (χ4n) is 2.42. The van der Waals surface area contributed by atoms with E-state index in [9.17, 15) is 14.7 Å². The second-order valence-corrected chi connectivity index (χ2v) is 6.11. The molecule has 0 aliphatic heterocycles. The van der Waals surface area contributed by atoms with E-state index in [1.54, 1.807) is 0 Å². The minimum atomic E-state index is -0.657. The largest absolute Gasteiger partial charge is 0.481 e. The SMILES string of the molecule is CCC(C)(CCCCCCCCCCCC=O)C(=O)O. The van der Waals surface area contributed by atoms with E-state index in [4.69, 9.17) is 0 Å². The summed E-state index contributed by atoms with van der Waals surface area (Å²) in [6.45, 7) is 3.81. The minimum Gasteiger partial charge on any atom is -0.481 e. The molecule has 1 atom stereocenters. The van der Waals surface area contributed by atoms with Crippen LogP contribution in [-0.4, -0.2) is 17.4 Å². The van der Waals surface area contributed by atoms with E-state index in [2.05, 4.69) is 0 Å². The summed E-state index contributed by atoms with van der Waals surface area (Å²) in [6.07, 6.45) is 13.8. The van der Waals surface area contributed by atoms with Crippen molar-refractivity contribution in [1.29, 1.82) is 0 Å². The highest BCUT2D eigenvalue weighted by Crippen LogP contribution is 2.28. The molecular formula is C17H32O3. The molecule has 1 N–H and O–H groups in total. The van der Waals surface area contributed by atoms with Crippen molar-refractivity contribution in [3.63, 3.8) is 0 Å². The third kappa shape index (κ3) is 9.11. The van der Waals surface area contributed by atoms with Crippen LogP contribution < -0.4 is 0 Å². The van der Waals surface area contributed by atoms with E-state index in [-0.39, 0.29) is 0 Å². The fraction of sp³-hybridized carbons (Fsp3) is 0.882. The zero-order valence-corrected chi connectivity index (χ0v) is 13.3. The molecule has 1 unspecified atom stereocenters. The molecule has 0 radical (unpaired) electrons. The molecule has 3 nitrogen and oxygen atoms in total. The van der Waals surface area contributed by atoms with Crippen LogP contribution in [0.25, 0.3) is 0 Å². The normalized spacial score (nSPS) is 13.9. The van der Waals surface area contributed by atoms with Gasteiger partial charge in [-0.25, -0.2) is 0 Å². The van der Waals surface area contributed by atoms with Gasteiger partial charge in [-0.05, 0) is 26.2 Å². The number of carboxylic acids is 1. The summed E-state index contributed by atoms with van der Waals surface area (Å²) in [6, 6.07) is 0. The maximum atomic E-state index is 11.1. The average Bonchev–Trinajstić information content (AvgIpc) is 2.44. The van der Waals surface area contributed by atoms with E-state index in [0.717, 1.165) is 32.0 Å². The van der Waals surface area contributed by atoms with Crippen molar-refractivity contribution in [1.82, 2.24) is 0 Å². The van der Waals surface area contributed by atoms with Crippen molar-refractivity contribution in [3.05, 3.63) is 0 Å². The van der Waals surface area contributed by atoms with Crippen LogP contribution in [-0.2, 0) is 9.59 Å². The Morgan fingerprint density at radius 2 is 1.40 bits per heavy atom. The van der Waals surface area contributed by atoms with Gasteiger partial charge in [0.25, 0.3) is 0 Å². The number of carboxylic acid groups (broad SMARTS) is 1. The van der Waals surface area contributed by atoms with Crippen molar-refractivity contribution in [2.24, 2.45) is 5.41 Å². The molecule has 0 aromatic heterocycles. The Morgan fingerprint density at radius 3 is 1.80 bits per heavy atom. The molecular weight excluding hydrogens is 252 g/mol. The first-order chi connectivity index (χ1) is 9.56. The molecule has 0 saturated heterocycles. The highest BCUT2D eigenvalue weighted by atomic mass is 16.4. The molecule has 0 heterocycles. The topological polar surface area (TPSA) is 54.4 Å². The van der Waals surface area contributed by atoms with Gasteiger partial charge in [-0.3, -0.25) is 4.79 Å². The second kappa shape index (κ2) is 11.9.